The average Bonchev–Trinajstić information content (AvgIpc) is 3.07. The fourth-order valence-corrected chi connectivity index (χ4v) is 6.18. The first-order chi connectivity index (χ1) is 27.6. The smallest absolute Gasteiger partial charge is 0.437 e. The number of nitrogens with one attached hydrogen (secondary N) is 3. The highest BCUT2D eigenvalue weighted by atomic mass is 16.6. The van der Waals surface area contributed by atoms with E-state index in [-0.39, 0.29) is 24.4 Å². The van der Waals surface area contributed by atoms with Crippen molar-refractivity contribution in [3.05, 3.63) is 70.3 Å². The number of anilines is 1. The summed E-state index contributed by atoms with van der Waals surface area (Å²) in [6.07, 6.45) is -0.0288. The normalized spacial score (nSPS) is 15.2. The maximum absolute atomic E-state index is 13.6. The van der Waals surface area contributed by atoms with E-state index in [1.54, 1.807) is 105 Å². The summed E-state index contributed by atoms with van der Waals surface area (Å²) in [6.45, 7) is 24.3. The molecule has 0 spiro atoms. The first kappa shape index (κ1) is 46.8. The van der Waals surface area contributed by atoms with Crippen molar-refractivity contribution >= 4 is 53.5 Å². The molecule has 16 heteroatoms. The third kappa shape index (κ3) is 15.0. The maximum atomic E-state index is 13.6. The van der Waals surface area contributed by atoms with Crippen molar-refractivity contribution in [2.45, 2.75) is 132 Å². The molecule has 2 aliphatic rings. The highest BCUT2D eigenvalue weighted by Crippen LogP contribution is 2.28. The van der Waals surface area contributed by atoms with E-state index in [4.69, 9.17) is 18.9 Å². The topological polar surface area (TPSA) is 190 Å². The SMILES string of the molecule is Cc1cc(NC(=O)c2ccc3c(c2)CN(/C(=N/C(=O)OC(C)(C)C)NC(=O)OC(C)(C)C)CC3)ccc1C1=CCN(/C(=N\C(=O)OC(C)(C)C)NC(=O)OC(C)(C)C)CC1. The van der Waals surface area contributed by atoms with Gasteiger partial charge < -0.3 is 34.1 Å². The van der Waals surface area contributed by atoms with E-state index in [2.05, 4.69) is 25.9 Å². The Morgan fingerprint density at radius 1 is 0.617 bits per heavy atom. The van der Waals surface area contributed by atoms with Gasteiger partial charge in [-0.1, -0.05) is 18.2 Å². The number of guanidine groups is 2. The minimum absolute atomic E-state index is 0.0119. The Morgan fingerprint density at radius 2 is 1.13 bits per heavy atom. The maximum Gasteiger partial charge on any atom is 0.437 e. The lowest BCUT2D eigenvalue weighted by molar-refractivity contribution is 0.0535. The number of carbonyl (C=O) groups is 5. The summed E-state index contributed by atoms with van der Waals surface area (Å²) in [7, 11) is 0. The summed E-state index contributed by atoms with van der Waals surface area (Å²) < 4.78 is 21.6. The van der Waals surface area contributed by atoms with Gasteiger partial charge in [-0.3, -0.25) is 15.4 Å². The lowest BCUT2D eigenvalue weighted by atomic mass is 9.95. The van der Waals surface area contributed by atoms with Crippen molar-refractivity contribution in [3.63, 3.8) is 0 Å². The lowest BCUT2D eigenvalue weighted by Gasteiger charge is -2.32. The van der Waals surface area contributed by atoms with Gasteiger partial charge in [-0.2, -0.15) is 0 Å². The summed E-state index contributed by atoms with van der Waals surface area (Å²) in [5.41, 5.74) is 2.81. The predicted molar refractivity (Wildman–Crippen MR) is 230 cm³/mol. The van der Waals surface area contributed by atoms with Gasteiger partial charge in [0.25, 0.3) is 5.91 Å². The van der Waals surface area contributed by atoms with Crippen molar-refractivity contribution in [1.29, 1.82) is 0 Å². The van der Waals surface area contributed by atoms with Gasteiger partial charge in [0.1, 0.15) is 22.4 Å². The van der Waals surface area contributed by atoms with Crippen LogP contribution in [0.3, 0.4) is 0 Å². The van der Waals surface area contributed by atoms with Gasteiger partial charge >= 0.3 is 24.4 Å². The number of hydrogen-bond donors (Lipinski definition) is 3. The Kier molecular flexibility index (Phi) is 14.5. The third-order valence-electron chi connectivity index (χ3n) is 8.53. The molecule has 60 heavy (non-hydrogen) atoms. The minimum atomic E-state index is -0.859. The Labute approximate surface area is 353 Å². The predicted octanol–water partition coefficient (Wildman–Crippen LogP) is 8.33. The van der Waals surface area contributed by atoms with Gasteiger partial charge in [0.05, 0.1) is 0 Å². The first-order valence-electron chi connectivity index (χ1n) is 20.0. The van der Waals surface area contributed by atoms with Crippen LogP contribution in [0.2, 0.25) is 0 Å². The second-order valence-electron chi connectivity index (χ2n) is 18.6. The second kappa shape index (κ2) is 18.6. The molecule has 2 aromatic rings. The lowest BCUT2D eigenvalue weighted by Crippen LogP contribution is -2.48. The van der Waals surface area contributed by atoms with Gasteiger partial charge in [0.2, 0.25) is 11.9 Å². The molecule has 16 nitrogen and oxygen atoms in total. The van der Waals surface area contributed by atoms with Crippen LogP contribution >= 0.6 is 0 Å². The van der Waals surface area contributed by atoms with Crippen molar-refractivity contribution in [3.8, 4) is 0 Å². The summed E-state index contributed by atoms with van der Waals surface area (Å²) in [5, 5.41) is 8.24. The number of amides is 5. The number of carbonyl (C=O) groups excluding carboxylic acids is 5. The molecule has 0 radical (unpaired) electrons. The standard InChI is InChI=1S/C44H61N7O9/c1-27-24-32(16-17-33(27)29-19-21-50(22-20-29)35(46-37(53)57-41(2,3)4)47-38(54)58-42(5,6)7)45-34(52)30-15-14-28-18-23-51(26-31(28)25-30)36(48-39(55)59-43(8,9)10)49-40(56)60-44(11,12)13/h14-17,19,24-25H,18,20-23,26H2,1-13H3,(H,45,52)(H,46,47,53,54)(H,48,49,55,56). The van der Waals surface area contributed by atoms with Gasteiger partial charge in [-0.25, -0.2) is 19.2 Å². The highest BCUT2D eigenvalue weighted by Gasteiger charge is 2.28. The third-order valence-corrected chi connectivity index (χ3v) is 8.53. The van der Waals surface area contributed by atoms with E-state index < -0.39 is 46.8 Å². The second-order valence-corrected chi connectivity index (χ2v) is 18.6. The molecule has 0 unspecified atom stereocenters. The minimum Gasteiger partial charge on any atom is -0.444 e. The Hall–Kier alpha value is -5.93. The monoisotopic (exact) mass is 831 g/mol. The molecule has 326 valence electrons. The van der Waals surface area contributed by atoms with Crippen LogP contribution in [0.25, 0.3) is 5.57 Å². The number of aliphatic imine (C=N–C) groups is 2. The van der Waals surface area contributed by atoms with Crippen LogP contribution < -0.4 is 16.0 Å². The molecular weight excluding hydrogens is 771 g/mol. The van der Waals surface area contributed by atoms with Gasteiger partial charge in [-0.15, -0.1) is 9.98 Å². The van der Waals surface area contributed by atoms with E-state index >= 15 is 0 Å². The van der Waals surface area contributed by atoms with Crippen LogP contribution in [-0.2, 0) is 31.9 Å². The molecule has 4 rings (SSSR count). The van der Waals surface area contributed by atoms with Crippen LogP contribution in [0.1, 0.15) is 122 Å². The van der Waals surface area contributed by atoms with E-state index in [1.165, 1.54) is 0 Å². The molecule has 5 amide bonds. The largest absolute Gasteiger partial charge is 0.444 e. The molecule has 2 aromatic carbocycles. The van der Waals surface area contributed by atoms with Crippen molar-refractivity contribution in [1.82, 2.24) is 20.4 Å². The molecule has 0 aromatic heterocycles. The summed E-state index contributed by atoms with van der Waals surface area (Å²) in [5.74, 6) is -0.286. The Morgan fingerprint density at radius 3 is 1.62 bits per heavy atom. The fraction of sp³-hybridized carbons (Fsp3) is 0.523. The zero-order chi connectivity index (χ0) is 44.8. The molecular formula is C44H61N7O9. The van der Waals surface area contributed by atoms with Crippen LogP contribution in [0.4, 0.5) is 24.9 Å². The molecule has 0 bridgehead atoms. The quantitative estimate of drug-likeness (QED) is 0.153. The summed E-state index contributed by atoms with van der Waals surface area (Å²) >= 11 is 0. The molecule has 0 atom stereocenters. The van der Waals surface area contributed by atoms with Crippen LogP contribution in [-0.4, -0.2) is 94.0 Å². The van der Waals surface area contributed by atoms with Crippen molar-refractivity contribution in [2.24, 2.45) is 9.98 Å². The molecule has 0 saturated heterocycles. The molecule has 3 N–H and O–H groups in total. The number of rotatable bonds is 3. The number of hydrogen-bond acceptors (Lipinski definition) is 9. The number of ether oxygens (including phenoxy) is 4. The molecule has 0 fully saturated rings. The van der Waals surface area contributed by atoms with Crippen molar-refractivity contribution < 1.29 is 42.9 Å². The number of alkyl carbamates (subject to hydrolysis) is 2. The zero-order valence-electron chi connectivity index (χ0n) is 37.2. The van der Waals surface area contributed by atoms with Crippen LogP contribution in [0.5, 0.6) is 0 Å². The summed E-state index contributed by atoms with van der Waals surface area (Å²) in [6, 6.07) is 11.2. The van der Waals surface area contributed by atoms with Gasteiger partial charge in [0, 0.05) is 37.4 Å². The Balaban J connectivity index is 1.47. The highest BCUT2D eigenvalue weighted by molar-refractivity contribution is 6.05. The van der Waals surface area contributed by atoms with Crippen molar-refractivity contribution in [2.75, 3.05) is 25.0 Å². The van der Waals surface area contributed by atoms with Gasteiger partial charge in [0.15, 0.2) is 0 Å². The van der Waals surface area contributed by atoms with Gasteiger partial charge in [-0.05, 0) is 155 Å². The average molecular weight is 832 g/mol. The number of benzene rings is 2. The molecule has 0 saturated carbocycles. The first-order valence-corrected chi connectivity index (χ1v) is 20.0. The Bertz CT molecular complexity index is 2060. The molecule has 2 heterocycles. The molecule has 0 aliphatic carbocycles. The van der Waals surface area contributed by atoms with E-state index in [9.17, 15) is 24.0 Å². The fourth-order valence-electron chi connectivity index (χ4n) is 6.18. The van der Waals surface area contributed by atoms with E-state index in [0.29, 0.717) is 43.7 Å². The van der Waals surface area contributed by atoms with E-state index in [1.807, 2.05) is 37.3 Å². The molecule has 2 aliphatic heterocycles. The number of fused-ring (bicyclic) bond motifs is 1. The van der Waals surface area contributed by atoms with E-state index in [0.717, 1.165) is 27.8 Å². The summed E-state index contributed by atoms with van der Waals surface area (Å²) in [4.78, 5) is 76.0. The zero-order valence-corrected chi connectivity index (χ0v) is 37.2. The number of nitrogens with zero attached hydrogens (tertiary/aromatic N) is 4. The number of aryl methyl sites for hydroxylation is 1. The van der Waals surface area contributed by atoms with Crippen LogP contribution in [0.15, 0.2) is 52.5 Å². The van der Waals surface area contributed by atoms with Crippen LogP contribution in [0, 0.1) is 6.92 Å².